The number of rotatable bonds is 24. The number of carbonyl (C=O) groups is 1. The highest BCUT2D eigenvalue weighted by molar-refractivity contribution is 7.47. The molecule has 0 aliphatic carbocycles. The van der Waals surface area contributed by atoms with Crippen molar-refractivity contribution in [3.63, 3.8) is 0 Å². The van der Waals surface area contributed by atoms with Crippen LogP contribution in [-0.2, 0) is 24.8 Å². The minimum atomic E-state index is -4.26. The highest BCUT2D eigenvalue weighted by Gasteiger charge is 2.35. The Kier molecular flexibility index (Phi) is 18.1. The molecule has 1 rings (SSSR count). The molecule has 0 amide bonds. The molecular formula is C31H57NO6P+. The first kappa shape index (κ1) is 35.8. The number of hydrogen-bond donors (Lipinski definition) is 1. The normalized spacial score (nSPS) is 15.1. The summed E-state index contributed by atoms with van der Waals surface area (Å²) < 4.78 is 29.9. The number of unbranched alkanes of at least 4 members (excludes halogenated alkanes) is 9. The molecule has 0 fully saturated rings. The van der Waals surface area contributed by atoms with Crippen molar-refractivity contribution in [2.45, 2.75) is 117 Å². The average molecular weight is 571 g/mol. The molecule has 0 spiro atoms. The Labute approximate surface area is 238 Å². The van der Waals surface area contributed by atoms with Gasteiger partial charge >= 0.3 is 7.82 Å². The molecule has 226 valence electrons. The van der Waals surface area contributed by atoms with Crippen LogP contribution in [0.1, 0.15) is 110 Å². The molecule has 3 atom stereocenters. The Bertz CT molecular complexity index is 829. The van der Waals surface area contributed by atoms with Crippen LogP contribution in [0.4, 0.5) is 0 Å². The smallest absolute Gasteiger partial charge is 0.476 e. The predicted octanol–water partition coefficient (Wildman–Crippen LogP) is 8.09. The van der Waals surface area contributed by atoms with Crippen LogP contribution in [0.5, 0.6) is 5.75 Å². The Morgan fingerprint density at radius 1 is 0.923 bits per heavy atom. The molecule has 0 aliphatic rings. The van der Waals surface area contributed by atoms with Crippen LogP contribution in [0.15, 0.2) is 24.3 Å². The van der Waals surface area contributed by atoms with Crippen LogP contribution in [0.3, 0.4) is 0 Å². The number of Topliss-reactive ketones (excluding diaryl/α,β-unsaturated/α-hetero) is 1. The first-order valence-electron chi connectivity index (χ1n) is 15.2. The van der Waals surface area contributed by atoms with Gasteiger partial charge in [-0.3, -0.25) is 4.52 Å². The van der Waals surface area contributed by atoms with Gasteiger partial charge in [-0.25, -0.2) is 9.09 Å². The summed E-state index contributed by atoms with van der Waals surface area (Å²) in [5.41, 5.74) is 1.03. The second-order valence-electron chi connectivity index (χ2n) is 11.5. The Morgan fingerprint density at radius 2 is 1.49 bits per heavy atom. The third kappa shape index (κ3) is 16.6. The zero-order chi connectivity index (χ0) is 29.2. The molecule has 0 radical (unpaired) electrons. The van der Waals surface area contributed by atoms with E-state index in [0.717, 1.165) is 30.9 Å². The second-order valence-corrected chi connectivity index (χ2v) is 12.9. The number of phosphoric acid groups is 1. The van der Waals surface area contributed by atoms with E-state index in [-0.39, 0.29) is 24.7 Å². The lowest BCUT2D eigenvalue weighted by atomic mass is 9.95. The van der Waals surface area contributed by atoms with Gasteiger partial charge in [-0.05, 0) is 50.3 Å². The van der Waals surface area contributed by atoms with Gasteiger partial charge in [0.1, 0.15) is 11.5 Å². The van der Waals surface area contributed by atoms with E-state index in [4.69, 9.17) is 13.8 Å². The fourth-order valence-corrected chi connectivity index (χ4v) is 5.89. The lowest BCUT2D eigenvalue weighted by Gasteiger charge is -2.36. The fraction of sp³-hybridized carbons (Fsp3) is 0.774. The maximum atomic E-state index is 12.7. The van der Waals surface area contributed by atoms with Crippen molar-refractivity contribution in [1.29, 1.82) is 0 Å². The van der Waals surface area contributed by atoms with E-state index in [2.05, 4.69) is 6.92 Å². The number of quaternary nitrogens is 1. The molecule has 0 aliphatic heterocycles. The van der Waals surface area contributed by atoms with Crippen LogP contribution >= 0.6 is 7.82 Å². The van der Waals surface area contributed by atoms with Crippen LogP contribution in [-0.4, -0.2) is 55.2 Å². The van der Waals surface area contributed by atoms with Gasteiger partial charge < -0.3 is 18.9 Å². The Hall–Kier alpha value is -1.24. The number of hydrogen-bond acceptors (Lipinski definition) is 5. The van der Waals surface area contributed by atoms with Crippen LogP contribution in [0, 0.1) is 5.92 Å². The van der Waals surface area contributed by atoms with Crippen LogP contribution in [0.2, 0.25) is 0 Å². The van der Waals surface area contributed by atoms with Gasteiger partial charge in [0.25, 0.3) is 0 Å². The number of benzene rings is 1. The maximum Gasteiger partial charge on any atom is 0.476 e. The van der Waals surface area contributed by atoms with E-state index in [1.807, 2.05) is 52.2 Å². The third-order valence-electron chi connectivity index (χ3n) is 7.46. The van der Waals surface area contributed by atoms with Gasteiger partial charge in [0, 0.05) is 12.8 Å². The Morgan fingerprint density at radius 3 is 2.00 bits per heavy atom. The van der Waals surface area contributed by atoms with E-state index in [0.29, 0.717) is 17.3 Å². The van der Waals surface area contributed by atoms with Gasteiger partial charge in [0.2, 0.25) is 6.23 Å². The molecule has 0 aromatic heterocycles. The second kappa shape index (κ2) is 19.8. The summed E-state index contributed by atoms with van der Waals surface area (Å²) in [5, 5.41) is 0. The summed E-state index contributed by atoms with van der Waals surface area (Å²) in [6.07, 6.45) is 14.0. The van der Waals surface area contributed by atoms with Gasteiger partial charge in [-0.2, -0.15) is 0 Å². The first-order chi connectivity index (χ1) is 18.5. The minimum Gasteiger partial charge on any atom is -0.494 e. The molecule has 0 saturated heterocycles. The monoisotopic (exact) mass is 570 g/mol. The summed E-state index contributed by atoms with van der Waals surface area (Å²) in [5.74, 6) is 0.632. The predicted molar refractivity (Wildman–Crippen MR) is 160 cm³/mol. The maximum absolute atomic E-state index is 12.7. The molecule has 7 nitrogen and oxygen atoms in total. The van der Waals surface area contributed by atoms with Crippen molar-refractivity contribution in [3.8, 4) is 5.75 Å². The summed E-state index contributed by atoms with van der Waals surface area (Å²) in [7, 11) is -0.351. The van der Waals surface area contributed by atoms with E-state index < -0.39 is 14.1 Å². The third-order valence-corrected chi connectivity index (χ3v) is 8.45. The van der Waals surface area contributed by atoms with Crippen molar-refractivity contribution in [3.05, 3.63) is 29.8 Å². The SMILES string of the molecule is CCCCCCCCCCCCOc1ccc(CC(COP(=O)(O)OC(CC)[N+](C)(C)CC)CC(C)=O)cc1. The summed E-state index contributed by atoms with van der Waals surface area (Å²) in [4.78, 5) is 22.2. The van der Waals surface area contributed by atoms with Crippen molar-refractivity contribution >= 4 is 13.6 Å². The molecule has 39 heavy (non-hydrogen) atoms. The van der Waals surface area contributed by atoms with Gasteiger partial charge in [0.15, 0.2) is 0 Å². The van der Waals surface area contributed by atoms with Gasteiger partial charge in [-0.1, -0.05) is 83.8 Å². The van der Waals surface area contributed by atoms with Crippen molar-refractivity contribution in [2.24, 2.45) is 5.92 Å². The largest absolute Gasteiger partial charge is 0.494 e. The molecule has 1 aromatic rings. The lowest BCUT2D eigenvalue weighted by molar-refractivity contribution is -0.932. The first-order valence-corrected chi connectivity index (χ1v) is 16.7. The van der Waals surface area contributed by atoms with Crippen molar-refractivity contribution in [1.82, 2.24) is 0 Å². The van der Waals surface area contributed by atoms with Gasteiger partial charge in [-0.15, -0.1) is 0 Å². The molecule has 1 N–H and O–H groups in total. The Balaban J connectivity index is 2.45. The lowest BCUT2D eigenvalue weighted by Crippen LogP contribution is -2.49. The highest BCUT2D eigenvalue weighted by atomic mass is 31.2. The van der Waals surface area contributed by atoms with Crippen molar-refractivity contribution in [2.75, 3.05) is 33.9 Å². The summed E-state index contributed by atoms with van der Waals surface area (Å²) in [6, 6.07) is 7.89. The zero-order valence-corrected chi connectivity index (χ0v) is 26.6. The topological polar surface area (TPSA) is 82.1 Å². The summed E-state index contributed by atoms with van der Waals surface area (Å²) >= 11 is 0. The molecule has 1 aromatic carbocycles. The standard InChI is InChI=1S/C31H56NO6P/c1-7-10-11-12-13-14-15-16-17-18-23-36-30-21-19-28(20-22-30)25-29(24-27(4)33)26-37-39(34,35)38-31(8-2)32(5,6)9-3/h19-22,29,31H,7-18,23-26H2,1-6H3/p+1. The molecule has 8 heteroatoms. The average Bonchev–Trinajstić information content (AvgIpc) is 2.89. The quantitative estimate of drug-likeness (QED) is 0.0585. The number of ether oxygens (including phenoxy) is 1. The summed E-state index contributed by atoms with van der Waals surface area (Å²) in [6.45, 7) is 9.15. The van der Waals surface area contributed by atoms with Gasteiger partial charge in [0.05, 0.1) is 33.9 Å². The zero-order valence-electron chi connectivity index (χ0n) is 25.7. The number of carbonyl (C=O) groups excluding carboxylic acids is 1. The number of ketones is 1. The molecule has 0 bridgehead atoms. The van der Waals surface area contributed by atoms with Crippen LogP contribution < -0.4 is 4.74 Å². The number of nitrogens with zero attached hydrogens (tertiary/aromatic N) is 1. The van der Waals surface area contributed by atoms with Crippen LogP contribution in [0.25, 0.3) is 0 Å². The van der Waals surface area contributed by atoms with Crippen molar-refractivity contribution < 1.29 is 32.5 Å². The van der Waals surface area contributed by atoms with E-state index in [9.17, 15) is 14.3 Å². The van der Waals surface area contributed by atoms with E-state index in [1.54, 1.807) is 0 Å². The number of phosphoric ester groups is 1. The fourth-order valence-electron chi connectivity index (χ4n) is 4.71. The minimum absolute atomic E-state index is 0.0176. The highest BCUT2D eigenvalue weighted by Crippen LogP contribution is 2.46. The van der Waals surface area contributed by atoms with E-state index in [1.165, 1.54) is 64.7 Å². The molecule has 0 heterocycles. The van der Waals surface area contributed by atoms with E-state index >= 15 is 0 Å². The molecule has 3 unspecified atom stereocenters. The molecular weight excluding hydrogens is 513 g/mol. The molecule has 0 saturated carbocycles.